The summed E-state index contributed by atoms with van der Waals surface area (Å²) in [5.74, 6) is 1.41. The van der Waals surface area contributed by atoms with Crippen LogP contribution in [0.25, 0.3) is 10.8 Å². The van der Waals surface area contributed by atoms with Crippen LogP contribution in [0.3, 0.4) is 0 Å². The van der Waals surface area contributed by atoms with E-state index in [4.69, 9.17) is 5.73 Å². The number of rotatable bonds is 3. The van der Waals surface area contributed by atoms with Crippen LogP contribution in [0.1, 0.15) is 25.7 Å². The summed E-state index contributed by atoms with van der Waals surface area (Å²) >= 11 is 0. The molecule has 0 amide bonds. The van der Waals surface area contributed by atoms with Crippen molar-refractivity contribution in [3.63, 3.8) is 0 Å². The zero-order valence-corrected chi connectivity index (χ0v) is 12.5. The molecule has 1 heterocycles. The summed E-state index contributed by atoms with van der Waals surface area (Å²) in [7, 11) is 2.07. The third kappa shape index (κ3) is 2.68. The Bertz CT molecular complexity index is 679. The third-order valence-electron chi connectivity index (χ3n) is 4.79. The molecule has 1 aromatic heterocycles. The molecule has 3 N–H and O–H groups in total. The number of fused-ring (bicyclic) bond motifs is 1. The van der Waals surface area contributed by atoms with Crippen LogP contribution in [0, 0.1) is 5.92 Å². The molecule has 1 aliphatic carbocycles. The van der Waals surface area contributed by atoms with Crippen LogP contribution in [-0.4, -0.2) is 24.6 Å². The standard InChI is InChI=1S/C17H23N3O/c1-20(15-9-5-3-7-13(15)11-18)16-10-12-6-2-4-8-14(12)17(21)19-16/h2,4,6,8,10,13,15H,3,5,7,9,11,18H2,1H3,(H,19,21). The molecule has 4 nitrogen and oxygen atoms in total. The van der Waals surface area contributed by atoms with E-state index in [1.54, 1.807) is 0 Å². The van der Waals surface area contributed by atoms with Gasteiger partial charge >= 0.3 is 0 Å². The lowest BCUT2D eigenvalue weighted by molar-refractivity contribution is 0.305. The van der Waals surface area contributed by atoms with Gasteiger partial charge < -0.3 is 15.6 Å². The second-order valence-corrected chi connectivity index (χ2v) is 6.03. The minimum Gasteiger partial charge on any atom is -0.358 e. The Morgan fingerprint density at radius 2 is 2.05 bits per heavy atom. The highest BCUT2D eigenvalue weighted by Crippen LogP contribution is 2.29. The molecule has 3 rings (SSSR count). The first-order valence-corrected chi connectivity index (χ1v) is 7.75. The minimum absolute atomic E-state index is 0.0185. The number of aromatic nitrogens is 1. The highest BCUT2D eigenvalue weighted by atomic mass is 16.1. The zero-order valence-electron chi connectivity index (χ0n) is 12.5. The molecule has 21 heavy (non-hydrogen) atoms. The van der Waals surface area contributed by atoms with Crippen molar-refractivity contribution in [1.29, 1.82) is 0 Å². The third-order valence-corrected chi connectivity index (χ3v) is 4.79. The van der Waals surface area contributed by atoms with Crippen molar-refractivity contribution < 1.29 is 0 Å². The Kier molecular flexibility index (Phi) is 3.97. The van der Waals surface area contributed by atoms with Gasteiger partial charge in [-0.3, -0.25) is 4.79 Å². The number of aromatic amines is 1. The van der Waals surface area contributed by atoms with Gasteiger partial charge in [-0.2, -0.15) is 0 Å². The fraction of sp³-hybridized carbons (Fsp3) is 0.471. The van der Waals surface area contributed by atoms with Crippen LogP contribution < -0.4 is 16.2 Å². The van der Waals surface area contributed by atoms with E-state index in [1.807, 2.05) is 24.3 Å². The Morgan fingerprint density at radius 3 is 2.86 bits per heavy atom. The average molecular weight is 285 g/mol. The van der Waals surface area contributed by atoms with Crippen molar-refractivity contribution in [3.05, 3.63) is 40.7 Å². The van der Waals surface area contributed by atoms with Crippen molar-refractivity contribution in [2.24, 2.45) is 11.7 Å². The van der Waals surface area contributed by atoms with Gasteiger partial charge in [0, 0.05) is 18.5 Å². The Hall–Kier alpha value is -1.81. The fourth-order valence-electron chi connectivity index (χ4n) is 3.54. The van der Waals surface area contributed by atoms with Gasteiger partial charge in [0.15, 0.2) is 0 Å². The van der Waals surface area contributed by atoms with E-state index in [0.717, 1.165) is 23.0 Å². The van der Waals surface area contributed by atoms with E-state index < -0.39 is 0 Å². The monoisotopic (exact) mass is 285 g/mol. The summed E-state index contributed by atoms with van der Waals surface area (Å²) in [6.45, 7) is 0.715. The van der Waals surface area contributed by atoms with Crippen LogP contribution in [0.2, 0.25) is 0 Å². The quantitative estimate of drug-likeness (QED) is 0.910. The van der Waals surface area contributed by atoms with Crippen molar-refractivity contribution in [1.82, 2.24) is 4.98 Å². The number of nitrogens with one attached hydrogen (secondary N) is 1. The van der Waals surface area contributed by atoms with Crippen LogP contribution in [0.15, 0.2) is 35.1 Å². The molecule has 2 aromatic rings. The van der Waals surface area contributed by atoms with Crippen molar-refractivity contribution >= 4 is 16.6 Å². The SMILES string of the molecule is CN(c1cc2ccccc2c(=O)[nH]1)C1CCCCC1CN. The molecular weight excluding hydrogens is 262 g/mol. The molecule has 112 valence electrons. The first kappa shape index (κ1) is 14.1. The fourth-order valence-corrected chi connectivity index (χ4v) is 3.54. The Labute approximate surface area is 125 Å². The van der Waals surface area contributed by atoms with Crippen LogP contribution in [0.5, 0.6) is 0 Å². The van der Waals surface area contributed by atoms with Gasteiger partial charge in [0.05, 0.1) is 0 Å². The van der Waals surface area contributed by atoms with Gasteiger partial charge in [0.1, 0.15) is 5.82 Å². The zero-order chi connectivity index (χ0) is 14.8. The summed E-state index contributed by atoms with van der Waals surface area (Å²) in [5.41, 5.74) is 5.91. The maximum Gasteiger partial charge on any atom is 0.257 e. The molecule has 0 saturated heterocycles. The molecule has 0 aliphatic heterocycles. The van der Waals surface area contributed by atoms with Crippen molar-refractivity contribution in [2.75, 3.05) is 18.5 Å². The van der Waals surface area contributed by atoms with Gasteiger partial charge in [-0.05, 0) is 42.8 Å². The van der Waals surface area contributed by atoms with E-state index in [-0.39, 0.29) is 5.56 Å². The first-order valence-electron chi connectivity index (χ1n) is 7.75. The molecule has 2 unspecified atom stereocenters. The van der Waals surface area contributed by atoms with Gasteiger partial charge in [-0.25, -0.2) is 0 Å². The maximum absolute atomic E-state index is 12.2. The van der Waals surface area contributed by atoms with Gasteiger partial charge in [-0.1, -0.05) is 31.0 Å². The molecule has 0 bridgehead atoms. The number of anilines is 1. The second kappa shape index (κ2) is 5.90. The summed E-state index contributed by atoms with van der Waals surface area (Å²) in [6.07, 6.45) is 4.83. The molecule has 1 aliphatic rings. The largest absolute Gasteiger partial charge is 0.358 e. The molecular formula is C17H23N3O. The van der Waals surface area contributed by atoms with Crippen molar-refractivity contribution in [2.45, 2.75) is 31.7 Å². The van der Waals surface area contributed by atoms with E-state index >= 15 is 0 Å². The lowest BCUT2D eigenvalue weighted by Gasteiger charge is -2.38. The Morgan fingerprint density at radius 1 is 1.29 bits per heavy atom. The van der Waals surface area contributed by atoms with Gasteiger partial charge in [-0.15, -0.1) is 0 Å². The van der Waals surface area contributed by atoms with Gasteiger partial charge in [0.25, 0.3) is 5.56 Å². The lowest BCUT2D eigenvalue weighted by Crippen LogP contribution is -2.44. The highest BCUT2D eigenvalue weighted by Gasteiger charge is 2.28. The minimum atomic E-state index is -0.0185. The van der Waals surface area contributed by atoms with Crippen molar-refractivity contribution in [3.8, 4) is 0 Å². The molecule has 0 spiro atoms. The molecule has 4 heteroatoms. The summed E-state index contributed by atoms with van der Waals surface area (Å²) in [5, 5.41) is 1.73. The predicted molar refractivity (Wildman–Crippen MR) is 87.8 cm³/mol. The maximum atomic E-state index is 12.2. The molecule has 1 aromatic carbocycles. The number of benzene rings is 1. The number of H-pyrrole nitrogens is 1. The van der Waals surface area contributed by atoms with E-state index in [1.165, 1.54) is 19.3 Å². The number of nitrogens with two attached hydrogens (primary N) is 1. The lowest BCUT2D eigenvalue weighted by atomic mass is 9.83. The smallest absolute Gasteiger partial charge is 0.257 e. The van der Waals surface area contributed by atoms with Crippen LogP contribution in [-0.2, 0) is 0 Å². The van der Waals surface area contributed by atoms with Gasteiger partial charge in [0.2, 0.25) is 0 Å². The number of hydrogen-bond donors (Lipinski definition) is 2. The summed E-state index contributed by atoms with van der Waals surface area (Å²) in [4.78, 5) is 17.5. The highest BCUT2D eigenvalue weighted by molar-refractivity contribution is 5.83. The number of pyridine rings is 1. The topological polar surface area (TPSA) is 62.1 Å². The summed E-state index contributed by atoms with van der Waals surface area (Å²) in [6, 6.07) is 10.2. The van der Waals surface area contributed by atoms with E-state index in [2.05, 4.69) is 23.0 Å². The van der Waals surface area contributed by atoms with Crippen LogP contribution >= 0.6 is 0 Å². The molecule has 0 radical (unpaired) electrons. The molecule has 1 fully saturated rings. The number of hydrogen-bond acceptors (Lipinski definition) is 3. The van der Waals surface area contributed by atoms with E-state index in [9.17, 15) is 4.79 Å². The first-order chi connectivity index (χ1) is 10.2. The molecule has 1 saturated carbocycles. The Balaban J connectivity index is 1.97. The average Bonchev–Trinajstić information content (AvgIpc) is 2.54. The molecule has 2 atom stereocenters. The second-order valence-electron chi connectivity index (χ2n) is 6.03. The summed E-state index contributed by atoms with van der Waals surface area (Å²) < 4.78 is 0. The normalized spacial score (nSPS) is 22.4. The van der Waals surface area contributed by atoms with Crippen LogP contribution in [0.4, 0.5) is 5.82 Å². The van der Waals surface area contributed by atoms with E-state index in [0.29, 0.717) is 18.5 Å². The number of nitrogens with zero attached hydrogens (tertiary/aromatic N) is 1. The predicted octanol–water partition coefficient (Wildman–Crippen LogP) is 2.48.